The smallest absolute Gasteiger partial charge is 0.353 e. The van der Waals surface area contributed by atoms with Gasteiger partial charge in [0, 0.05) is 17.8 Å². The van der Waals surface area contributed by atoms with Gasteiger partial charge < -0.3 is 9.47 Å². The Labute approximate surface area is 424 Å². The van der Waals surface area contributed by atoms with Crippen LogP contribution in [0.5, 0.6) is 17.2 Å². The molecule has 0 atom stereocenters. The lowest BCUT2D eigenvalue weighted by Gasteiger charge is -2.28. The van der Waals surface area contributed by atoms with E-state index in [1.54, 1.807) is 0 Å². The number of ether oxygens (including phenoxy) is 2. The van der Waals surface area contributed by atoms with E-state index in [-0.39, 0.29) is 12.3 Å². The van der Waals surface area contributed by atoms with E-state index < -0.39 is 0 Å². The third kappa shape index (κ3) is 6.93. The molecule has 0 unspecified atom stereocenters. The molecular weight excluding hydrogens is 894 g/mol. The summed E-state index contributed by atoms with van der Waals surface area (Å²) in [5.74, 6) is 2.80. The number of pyridine rings is 1. The van der Waals surface area contributed by atoms with Crippen LogP contribution in [0.2, 0.25) is 0 Å². The Balaban J connectivity index is 0.918. The van der Waals surface area contributed by atoms with E-state index >= 15 is 0 Å². The summed E-state index contributed by atoms with van der Waals surface area (Å²) in [6.07, 6.45) is 5.80. The molecule has 9 aromatic carbocycles. The molecule has 8 heteroatoms. The Kier molecular flexibility index (Phi) is 9.73. The molecule has 0 spiro atoms. The van der Waals surface area contributed by atoms with Crippen LogP contribution in [-0.4, -0.2) is 22.4 Å². The number of aromatic nitrogens is 3. The molecule has 346 valence electrons. The zero-order valence-corrected chi connectivity index (χ0v) is 40.5. The van der Waals surface area contributed by atoms with Crippen molar-refractivity contribution in [3.05, 3.63) is 236 Å². The summed E-state index contributed by atoms with van der Waals surface area (Å²) in [4.78, 5) is 12.4. The number of fused-ring (bicyclic) bond motifs is 12. The van der Waals surface area contributed by atoms with Gasteiger partial charge in [0.25, 0.3) is 12.3 Å². The molecule has 0 aliphatic carbocycles. The molecule has 0 fully saturated rings. The molecule has 14 rings (SSSR count). The summed E-state index contributed by atoms with van der Waals surface area (Å²) < 4.78 is 18.2. The molecular formula is C65H46BN5O2. The summed E-state index contributed by atoms with van der Waals surface area (Å²) in [5, 5.41) is 0. The minimum absolute atomic E-state index is 0.192. The third-order valence-corrected chi connectivity index (χ3v) is 14.5. The van der Waals surface area contributed by atoms with Crippen molar-refractivity contribution in [2.75, 3.05) is 4.90 Å². The first kappa shape index (κ1) is 42.6. The summed E-state index contributed by atoms with van der Waals surface area (Å²) in [6, 6.07) is 77.6. The zero-order valence-electron chi connectivity index (χ0n) is 40.5. The number of hydrogen-bond donors (Lipinski definition) is 0. The van der Waals surface area contributed by atoms with Crippen LogP contribution in [0.4, 0.5) is 11.5 Å². The maximum absolute atomic E-state index is 6.95. The van der Waals surface area contributed by atoms with Crippen LogP contribution in [0.1, 0.15) is 26.3 Å². The number of amidine groups is 1. The number of para-hydroxylation sites is 2. The summed E-state index contributed by atoms with van der Waals surface area (Å²) >= 11 is 0. The van der Waals surface area contributed by atoms with Gasteiger partial charge in [-0.25, -0.2) is 9.88 Å². The molecule has 3 aliphatic rings. The Hall–Kier alpha value is -9.27. The first-order valence-corrected chi connectivity index (χ1v) is 24.8. The van der Waals surface area contributed by atoms with Gasteiger partial charge in [-0.2, -0.15) is 0 Å². The first-order chi connectivity index (χ1) is 35.9. The Bertz CT molecular complexity index is 4050. The number of imidazole rings is 1. The number of nitrogens with zero attached hydrogens (tertiary/aromatic N) is 5. The number of hydrogen-bond acceptors (Lipinski definition) is 5. The fourth-order valence-electron chi connectivity index (χ4n) is 11.2. The van der Waals surface area contributed by atoms with E-state index in [2.05, 4.69) is 241 Å². The predicted octanol–water partition coefficient (Wildman–Crippen LogP) is 13.8. The Morgan fingerprint density at radius 3 is 1.86 bits per heavy atom. The molecule has 2 aromatic heterocycles. The lowest BCUT2D eigenvalue weighted by atomic mass is 9.49. The van der Waals surface area contributed by atoms with Crippen molar-refractivity contribution in [2.45, 2.75) is 26.2 Å². The maximum atomic E-state index is 6.95. The van der Waals surface area contributed by atoms with Gasteiger partial charge in [0.2, 0.25) is 0 Å². The topological polar surface area (TPSA) is 55.8 Å². The SMILES string of the molecule is CC(C)(C)c1ccnc2c1OC1=NB(c3ccccc3-c3ccccc3)c3ccc(Oc4cccc(-n5[c-][n+]6c7c(cccc75)-c5ccccc5-c5ccccc5-c5cccc(-c7ccccc7)c5-6)c4)cc3N12. The quantitative estimate of drug-likeness (QED) is 0.0947. The molecule has 73 heavy (non-hydrogen) atoms. The van der Waals surface area contributed by atoms with E-state index in [0.717, 1.165) is 94.8 Å². The highest BCUT2D eigenvalue weighted by atomic mass is 16.5. The maximum Gasteiger partial charge on any atom is 0.353 e. The molecule has 3 aliphatic heterocycles. The van der Waals surface area contributed by atoms with Crippen LogP contribution in [0.3, 0.4) is 0 Å². The molecule has 0 bridgehead atoms. The van der Waals surface area contributed by atoms with E-state index in [0.29, 0.717) is 23.3 Å². The number of benzene rings is 9. The average Bonchev–Trinajstić information content (AvgIpc) is 4.03. The largest absolute Gasteiger partial charge is 0.458 e. The van der Waals surface area contributed by atoms with Crippen LogP contribution in [0.15, 0.2) is 229 Å². The second kappa shape index (κ2) is 16.7. The molecule has 0 saturated carbocycles. The van der Waals surface area contributed by atoms with Gasteiger partial charge in [-0.3, -0.25) is 14.0 Å². The monoisotopic (exact) mass is 939 g/mol. The molecule has 5 heterocycles. The Morgan fingerprint density at radius 1 is 0.534 bits per heavy atom. The minimum Gasteiger partial charge on any atom is -0.458 e. The van der Waals surface area contributed by atoms with Gasteiger partial charge in [0.15, 0.2) is 11.6 Å². The fraction of sp³-hybridized carbons (Fsp3) is 0.0615. The van der Waals surface area contributed by atoms with Crippen LogP contribution >= 0.6 is 0 Å². The highest BCUT2D eigenvalue weighted by molar-refractivity contribution is 6.87. The predicted molar refractivity (Wildman–Crippen MR) is 296 cm³/mol. The van der Waals surface area contributed by atoms with Gasteiger partial charge in [-0.1, -0.05) is 203 Å². The van der Waals surface area contributed by atoms with Gasteiger partial charge in [0.1, 0.15) is 11.5 Å². The molecule has 11 aromatic rings. The van der Waals surface area contributed by atoms with Gasteiger partial charge >= 0.3 is 6.85 Å². The van der Waals surface area contributed by atoms with Crippen molar-refractivity contribution in [1.82, 2.24) is 9.55 Å². The van der Waals surface area contributed by atoms with Crippen molar-refractivity contribution in [1.29, 1.82) is 0 Å². The minimum atomic E-state index is -0.357. The van der Waals surface area contributed by atoms with Crippen LogP contribution in [0.25, 0.3) is 78.0 Å². The van der Waals surface area contributed by atoms with E-state index in [1.807, 2.05) is 24.4 Å². The first-order valence-electron chi connectivity index (χ1n) is 24.8. The van der Waals surface area contributed by atoms with Crippen molar-refractivity contribution >= 4 is 46.3 Å². The van der Waals surface area contributed by atoms with Crippen molar-refractivity contribution < 1.29 is 14.0 Å². The van der Waals surface area contributed by atoms with E-state index in [4.69, 9.17) is 19.4 Å². The third-order valence-electron chi connectivity index (χ3n) is 14.5. The Morgan fingerprint density at radius 2 is 1.12 bits per heavy atom. The summed E-state index contributed by atoms with van der Waals surface area (Å²) in [7, 11) is 0. The van der Waals surface area contributed by atoms with Crippen molar-refractivity contribution in [3.63, 3.8) is 0 Å². The molecule has 0 radical (unpaired) electrons. The molecule has 0 N–H and O–H groups in total. The normalized spacial score (nSPS) is 13.0. The highest BCUT2D eigenvalue weighted by Crippen LogP contribution is 2.48. The standard InChI is InChI=1S/C65H46BN5O2/c1-65(2,3)55-37-38-67-63-62(55)73-64-68-66(56-33-15-14-25-47(56)42-19-6-4-7-20-42)57-36-35-46(40-59(57)71(63)64)72-45-24-16-23-44(39-45)69-41-70-60-48(43-21-8-5-9-22-43)30-17-31-53(60)51-28-12-10-26-49(51)50-27-11-13-29-52(50)54-32-18-34-58(69)61(54)70/h4-40H,1-3H3. The number of anilines is 2. The lowest BCUT2D eigenvalue weighted by Crippen LogP contribution is -2.50. The summed E-state index contributed by atoms with van der Waals surface area (Å²) in [6.45, 7) is 6.23. The van der Waals surface area contributed by atoms with Gasteiger partial charge in [-0.15, -0.1) is 0 Å². The molecule has 0 saturated heterocycles. The lowest BCUT2D eigenvalue weighted by molar-refractivity contribution is -0.570. The van der Waals surface area contributed by atoms with Crippen LogP contribution in [0, 0.1) is 6.33 Å². The molecule has 7 nitrogen and oxygen atoms in total. The van der Waals surface area contributed by atoms with E-state index in [9.17, 15) is 0 Å². The average molecular weight is 940 g/mol. The highest BCUT2D eigenvalue weighted by Gasteiger charge is 2.43. The van der Waals surface area contributed by atoms with Crippen LogP contribution in [-0.2, 0) is 5.41 Å². The van der Waals surface area contributed by atoms with Crippen molar-refractivity contribution in [2.24, 2.45) is 4.90 Å². The van der Waals surface area contributed by atoms with E-state index in [1.165, 1.54) is 11.1 Å². The summed E-state index contributed by atoms with van der Waals surface area (Å²) in [5.41, 5.74) is 19.4. The second-order valence-corrected chi connectivity index (χ2v) is 19.9. The second-order valence-electron chi connectivity index (χ2n) is 19.9. The molecule has 0 amide bonds. The fourth-order valence-corrected chi connectivity index (χ4v) is 11.2. The van der Waals surface area contributed by atoms with Gasteiger partial charge in [0.05, 0.1) is 28.1 Å². The van der Waals surface area contributed by atoms with Crippen LogP contribution < -0.4 is 29.9 Å². The van der Waals surface area contributed by atoms with Crippen molar-refractivity contribution in [3.8, 4) is 84.3 Å². The zero-order chi connectivity index (χ0) is 48.8. The van der Waals surface area contributed by atoms with Gasteiger partial charge in [-0.05, 0) is 102 Å². The number of rotatable bonds is 6.